The lowest BCUT2D eigenvalue weighted by Gasteiger charge is -2.42. The minimum Gasteiger partial charge on any atom is -0.370 e. The first-order valence-electron chi connectivity index (χ1n) is 7.47. The van der Waals surface area contributed by atoms with Gasteiger partial charge in [0.2, 0.25) is 5.91 Å². The molecule has 1 saturated heterocycles. The number of aromatic nitrogens is 1. The molecule has 3 atom stereocenters. The van der Waals surface area contributed by atoms with Crippen molar-refractivity contribution in [3.63, 3.8) is 0 Å². The van der Waals surface area contributed by atoms with Gasteiger partial charge in [0.15, 0.2) is 0 Å². The zero-order chi connectivity index (χ0) is 14.8. The predicted molar refractivity (Wildman–Crippen MR) is 81.0 cm³/mol. The van der Waals surface area contributed by atoms with Crippen LogP contribution in [-0.2, 0) is 9.53 Å². The van der Waals surface area contributed by atoms with E-state index < -0.39 is 0 Å². The number of pyridine rings is 1. The Balaban J connectivity index is 1.66. The summed E-state index contributed by atoms with van der Waals surface area (Å²) in [6.07, 6.45) is 5.98. The number of amides is 1. The van der Waals surface area contributed by atoms with E-state index in [2.05, 4.69) is 18.3 Å². The molecule has 2 aliphatic rings. The monoisotopic (exact) mass is 307 g/mol. The number of morpholine rings is 1. The summed E-state index contributed by atoms with van der Waals surface area (Å²) in [5.41, 5.74) is 1.09. The molecule has 0 N–H and O–H groups in total. The highest BCUT2D eigenvalue weighted by Crippen LogP contribution is 2.37. The summed E-state index contributed by atoms with van der Waals surface area (Å²) in [6, 6.07) is 4.13. The number of halogens is 1. The Kier molecular flexibility index (Phi) is 4.45. The SMILES string of the molecule is CC1CC(c2ccc(Cl)cn2)C[CH]C1N1CCOCC1=O. The van der Waals surface area contributed by atoms with Crippen molar-refractivity contribution in [1.29, 1.82) is 0 Å². The van der Waals surface area contributed by atoms with E-state index >= 15 is 0 Å². The second kappa shape index (κ2) is 6.32. The molecule has 0 bridgehead atoms. The standard InChI is InChI=1S/C16H20ClN2O2/c1-11-8-12(14-4-3-13(17)9-18-14)2-5-15(11)19-6-7-21-10-16(19)20/h3-5,9,11-12,15H,2,6-8,10H2,1H3. The van der Waals surface area contributed by atoms with Crippen molar-refractivity contribution in [2.24, 2.45) is 5.92 Å². The van der Waals surface area contributed by atoms with E-state index in [1.54, 1.807) is 6.20 Å². The molecule has 1 aliphatic heterocycles. The number of carbonyl (C=O) groups is 1. The summed E-state index contributed by atoms with van der Waals surface area (Å²) < 4.78 is 5.21. The smallest absolute Gasteiger partial charge is 0.248 e. The number of hydrogen-bond donors (Lipinski definition) is 0. The Morgan fingerprint density at radius 1 is 1.43 bits per heavy atom. The molecule has 3 unspecified atom stereocenters. The van der Waals surface area contributed by atoms with E-state index in [-0.39, 0.29) is 18.6 Å². The molecule has 3 rings (SSSR count). The van der Waals surface area contributed by atoms with E-state index in [0.29, 0.717) is 30.0 Å². The zero-order valence-corrected chi connectivity index (χ0v) is 12.9. The lowest BCUT2D eigenvalue weighted by atomic mass is 9.76. The quantitative estimate of drug-likeness (QED) is 0.843. The Hall–Kier alpha value is -1.13. The third-order valence-electron chi connectivity index (χ3n) is 4.45. The molecule has 1 saturated carbocycles. The van der Waals surface area contributed by atoms with Crippen LogP contribution in [0, 0.1) is 12.3 Å². The molecule has 2 fully saturated rings. The fourth-order valence-electron chi connectivity index (χ4n) is 3.37. The third-order valence-corrected chi connectivity index (χ3v) is 4.68. The minimum atomic E-state index is 0.109. The van der Waals surface area contributed by atoms with E-state index in [0.717, 1.165) is 18.5 Å². The largest absolute Gasteiger partial charge is 0.370 e. The first-order chi connectivity index (χ1) is 10.1. The molecule has 21 heavy (non-hydrogen) atoms. The first-order valence-corrected chi connectivity index (χ1v) is 7.85. The van der Waals surface area contributed by atoms with E-state index in [1.807, 2.05) is 17.0 Å². The Morgan fingerprint density at radius 3 is 2.95 bits per heavy atom. The normalized spacial score (nSPS) is 30.5. The van der Waals surface area contributed by atoms with Crippen LogP contribution >= 0.6 is 11.6 Å². The molecule has 113 valence electrons. The summed E-state index contributed by atoms with van der Waals surface area (Å²) in [5, 5.41) is 0.670. The maximum atomic E-state index is 12.0. The van der Waals surface area contributed by atoms with Gasteiger partial charge in [-0.15, -0.1) is 0 Å². The van der Waals surface area contributed by atoms with Crippen molar-refractivity contribution in [3.05, 3.63) is 35.5 Å². The minimum absolute atomic E-state index is 0.109. The van der Waals surface area contributed by atoms with Crippen LogP contribution in [0.1, 0.15) is 31.4 Å². The number of ether oxygens (including phenoxy) is 1. The molecule has 0 aromatic carbocycles. The van der Waals surface area contributed by atoms with Crippen LogP contribution in [0.2, 0.25) is 5.02 Å². The average molecular weight is 308 g/mol. The molecule has 1 aromatic rings. The molecule has 2 heterocycles. The Bertz CT molecular complexity index is 506. The highest BCUT2D eigenvalue weighted by atomic mass is 35.5. The van der Waals surface area contributed by atoms with Gasteiger partial charge in [-0.1, -0.05) is 18.5 Å². The van der Waals surface area contributed by atoms with Crippen LogP contribution in [0.5, 0.6) is 0 Å². The van der Waals surface area contributed by atoms with Crippen LogP contribution in [0.15, 0.2) is 18.3 Å². The average Bonchev–Trinajstić information content (AvgIpc) is 2.49. The van der Waals surface area contributed by atoms with Crippen molar-refractivity contribution in [3.8, 4) is 0 Å². The van der Waals surface area contributed by atoms with Gasteiger partial charge in [-0.2, -0.15) is 0 Å². The number of carbonyl (C=O) groups excluding carboxylic acids is 1. The van der Waals surface area contributed by atoms with E-state index in [4.69, 9.17) is 16.3 Å². The molecule has 5 heteroatoms. The van der Waals surface area contributed by atoms with E-state index in [1.165, 1.54) is 0 Å². The predicted octanol–water partition coefficient (Wildman–Crippen LogP) is 2.68. The van der Waals surface area contributed by atoms with Gasteiger partial charge in [-0.25, -0.2) is 0 Å². The highest BCUT2D eigenvalue weighted by molar-refractivity contribution is 6.30. The number of hydrogen-bond acceptors (Lipinski definition) is 3. The Morgan fingerprint density at radius 2 is 2.29 bits per heavy atom. The van der Waals surface area contributed by atoms with Gasteiger partial charge >= 0.3 is 0 Å². The molecule has 0 spiro atoms. The van der Waals surface area contributed by atoms with Crippen molar-refractivity contribution in [2.75, 3.05) is 19.8 Å². The molecule has 1 radical (unpaired) electrons. The lowest BCUT2D eigenvalue weighted by Crippen LogP contribution is -2.51. The van der Waals surface area contributed by atoms with Gasteiger partial charge in [0.1, 0.15) is 6.61 Å². The maximum absolute atomic E-state index is 12.0. The van der Waals surface area contributed by atoms with Gasteiger partial charge in [-0.3, -0.25) is 9.78 Å². The maximum Gasteiger partial charge on any atom is 0.248 e. The summed E-state index contributed by atoms with van der Waals surface area (Å²) in [6.45, 7) is 3.78. The molecular formula is C16H20ClN2O2. The molecular weight excluding hydrogens is 288 g/mol. The topological polar surface area (TPSA) is 42.4 Å². The van der Waals surface area contributed by atoms with Gasteiger partial charge in [0.25, 0.3) is 0 Å². The van der Waals surface area contributed by atoms with Crippen LogP contribution in [-0.4, -0.2) is 41.6 Å². The van der Waals surface area contributed by atoms with E-state index in [9.17, 15) is 4.79 Å². The summed E-state index contributed by atoms with van der Waals surface area (Å²) in [5.74, 6) is 0.963. The molecule has 4 nitrogen and oxygen atoms in total. The lowest BCUT2D eigenvalue weighted by molar-refractivity contribution is -0.146. The van der Waals surface area contributed by atoms with Crippen molar-refractivity contribution < 1.29 is 9.53 Å². The van der Waals surface area contributed by atoms with Gasteiger partial charge in [0.05, 0.1) is 11.6 Å². The molecule has 1 aliphatic carbocycles. The number of rotatable bonds is 2. The Labute approximate surface area is 130 Å². The van der Waals surface area contributed by atoms with Crippen LogP contribution in [0.25, 0.3) is 0 Å². The van der Waals surface area contributed by atoms with Gasteiger partial charge < -0.3 is 9.64 Å². The fourth-order valence-corrected chi connectivity index (χ4v) is 3.48. The van der Waals surface area contributed by atoms with Crippen molar-refractivity contribution in [2.45, 2.75) is 31.7 Å². The van der Waals surface area contributed by atoms with Gasteiger partial charge in [0, 0.05) is 30.4 Å². The van der Waals surface area contributed by atoms with Crippen LogP contribution < -0.4 is 0 Å². The fraction of sp³-hybridized carbons (Fsp3) is 0.562. The zero-order valence-electron chi connectivity index (χ0n) is 12.2. The first kappa shape index (κ1) is 14.8. The second-order valence-corrected chi connectivity index (χ2v) is 6.35. The van der Waals surface area contributed by atoms with Gasteiger partial charge in [-0.05, 0) is 37.3 Å². The molecule has 1 aromatic heterocycles. The van der Waals surface area contributed by atoms with Crippen molar-refractivity contribution >= 4 is 17.5 Å². The van der Waals surface area contributed by atoms with Crippen LogP contribution in [0.4, 0.5) is 0 Å². The summed E-state index contributed by atoms with van der Waals surface area (Å²) >= 11 is 5.89. The third kappa shape index (κ3) is 3.22. The van der Waals surface area contributed by atoms with Crippen molar-refractivity contribution in [1.82, 2.24) is 9.88 Å². The number of nitrogens with zero attached hydrogens (tertiary/aromatic N) is 2. The second-order valence-electron chi connectivity index (χ2n) is 5.91. The summed E-state index contributed by atoms with van der Waals surface area (Å²) in [4.78, 5) is 18.4. The molecule has 1 amide bonds. The highest BCUT2D eigenvalue weighted by Gasteiger charge is 2.36. The summed E-state index contributed by atoms with van der Waals surface area (Å²) in [7, 11) is 0. The van der Waals surface area contributed by atoms with Crippen LogP contribution in [0.3, 0.4) is 0 Å².